The third-order valence-electron chi connectivity index (χ3n) is 3.42. The molecular formula is C14H27N5O. The molecule has 1 N–H and O–H groups in total. The molecule has 6 heteroatoms. The minimum Gasteiger partial charge on any atom is -0.407 e. The minimum absolute atomic E-state index is 0.0513. The number of hydrogen-bond acceptors (Lipinski definition) is 6. The van der Waals surface area contributed by atoms with Crippen LogP contribution in [0.2, 0.25) is 0 Å². The summed E-state index contributed by atoms with van der Waals surface area (Å²) in [6, 6.07) is 1.15. The highest BCUT2D eigenvalue weighted by Crippen LogP contribution is 2.24. The summed E-state index contributed by atoms with van der Waals surface area (Å²) < 4.78 is 5.80. The number of nitrogens with one attached hydrogen (secondary N) is 1. The minimum atomic E-state index is 0.0513. The molecule has 1 unspecified atom stereocenters. The standard InChI is InChI=1S/C14H27N5O/c1-14(2,3)15-9-12-16-17-13(20-12)19-8-6-7-11(19)10-18(4)5/h11,15H,6-10H2,1-5H3. The SMILES string of the molecule is CN(C)CC1CCCN1c1nnc(CNC(C)(C)C)o1. The number of aromatic nitrogens is 2. The molecule has 1 atom stereocenters. The van der Waals surface area contributed by atoms with E-state index in [1.54, 1.807) is 0 Å². The third-order valence-corrected chi connectivity index (χ3v) is 3.42. The molecule has 1 aromatic rings. The van der Waals surface area contributed by atoms with Gasteiger partial charge in [-0.25, -0.2) is 0 Å². The fraction of sp³-hybridized carbons (Fsp3) is 0.857. The van der Waals surface area contributed by atoms with E-state index in [0.29, 0.717) is 24.5 Å². The van der Waals surface area contributed by atoms with E-state index in [9.17, 15) is 0 Å². The van der Waals surface area contributed by atoms with Gasteiger partial charge in [-0.2, -0.15) is 0 Å². The van der Waals surface area contributed by atoms with Gasteiger partial charge in [0.1, 0.15) is 0 Å². The molecular weight excluding hydrogens is 254 g/mol. The Bertz CT molecular complexity index is 423. The van der Waals surface area contributed by atoms with Crippen molar-refractivity contribution in [3.63, 3.8) is 0 Å². The van der Waals surface area contributed by atoms with Gasteiger partial charge in [0, 0.05) is 24.7 Å². The van der Waals surface area contributed by atoms with Crippen molar-refractivity contribution >= 4 is 6.01 Å². The first-order valence-electron chi connectivity index (χ1n) is 7.34. The Hall–Kier alpha value is -1.14. The van der Waals surface area contributed by atoms with Gasteiger partial charge >= 0.3 is 6.01 Å². The predicted molar refractivity (Wildman–Crippen MR) is 79.8 cm³/mol. The van der Waals surface area contributed by atoms with Crippen molar-refractivity contribution in [3.8, 4) is 0 Å². The predicted octanol–water partition coefficient (Wildman–Crippen LogP) is 1.49. The third kappa shape index (κ3) is 4.18. The normalized spacial score (nSPS) is 20.1. The van der Waals surface area contributed by atoms with E-state index in [4.69, 9.17) is 4.42 Å². The molecule has 1 fully saturated rings. The summed E-state index contributed by atoms with van der Waals surface area (Å²) in [6.45, 7) is 9.01. The van der Waals surface area contributed by atoms with Crippen LogP contribution in [0.5, 0.6) is 0 Å². The van der Waals surface area contributed by atoms with E-state index < -0.39 is 0 Å². The van der Waals surface area contributed by atoms with Crippen molar-refractivity contribution < 1.29 is 4.42 Å². The summed E-state index contributed by atoms with van der Waals surface area (Å²) in [5.41, 5.74) is 0.0513. The van der Waals surface area contributed by atoms with Gasteiger partial charge in [0.25, 0.3) is 0 Å². The van der Waals surface area contributed by atoms with Crippen molar-refractivity contribution in [3.05, 3.63) is 5.89 Å². The molecule has 1 aromatic heterocycles. The zero-order valence-corrected chi connectivity index (χ0v) is 13.3. The Kier molecular flexibility index (Phi) is 4.65. The summed E-state index contributed by atoms with van der Waals surface area (Å²) in [5.74, 6) is 0.658. The Balaban J connectivity index is 1.97. The van der Waals surface area contributed by atoms with Gasteiger partial charge in [-0.1, -0.05) is 5.10 Å². The molecule has 20 heavy (non-hydrogen) atoms. The first-order valence-corrected chi connectivity index (χ1v) is 7.34. The largest absolute Gasteiger partial charge is 0.407 e. The maximum Gasteiger partial charge on any atom is 0.318 e. The molecule has 0 aromatic carbocycles. The van der Waals surface area contributed by atoms with E-state index in [0.717, 1.165) is 13.1 Å². The fourth-order valence-electron chi connectivity index (χ4n) is 2.47. The molecule has 1 aliphatic rings. The average Bonchev–Trinajstić information content (AvgIpc) is 2.92. The van der Waals surface area contributed by atoms with Gasteiger partial charge in [-0.05, 0) is 47.7 Å². The van der Waals surface area contributed by atoms with Crippen LogP contribution in [0.3, 0.4) is 0 Å². The maximum atomic E-state index is 5.80. The number of hydrogen-bond donors (Lipinski definition) is 1. The van der Waals surface area contributed by atoms with Crippen molar-refractivity contribution in [1.82, 2.24) is 20.4 Å². The van der Waals surface area contributed by atoms with Crippen LogP contribution in [0, 0.1) is 0 Å². The summed E-state index contributed by atoms with van der Waals surface area (Å²) in [6.07, 6.45) is 2.38. The first kappa shape index (κ1) is 15.3. The molecule has 0 aliphatic carbocycles. The van der Waals surface area contributed by atoms with Crippen LogP contribution in [0.25, 0.3) is 0 Å². The second-order valence-corrected chi connectivity index (χ2v) is 6.83. The molecule has 2 rings (SSSR count). The van der Waals surface area contributed by atoms with Crippen LogP contribution in [0.1, 0.15) is 39.5 Å². The zero-order valence-electron chi connectivity index (χ0n) is 13.3. The van der Waals surface area contributed by atoms with E-state index in [1.807, 2.05) is 0 Å². The topological polar surface area (TPSA) is 57.4 Å². The second-order valence-electron chi connectivity index (χ2n) is 6.83. The molecule has 0 spiro atoms. The lowest BCUT2D eigenvalue weighted by Crippen LogP contribution is -2.37. The molecule has 0 saturated carbocycles. The molecule has 114 valence electrons. The van der Waals surface area contributed by atoms with Crippen molar-refractivity contribution in [2.24, 2.45) is 0 Å². The van der Waals surface area contributed by atoms with Gasteiger partial charge < -0.3 is 19.5 Å². The molecule has 2 heterocycles. The van der Waals surface area contributed by atoms with E-state index in [2.05, 4.69) is 60.2 Å². The molecule has 0 radical (unpaired) electrons. The molecule has 0 amide bonds. The maximum absolute atomic E-state index is 5.80. The van der Waals surface area contributed by atoms with E-state index >= 15 is 0 Å². The van der Waals surface area contributed by atoms with E-state index in [1.165, 1.54) is 12.8 Å². The van der Waals surface area contributed by atoms with Crippen LogP contribution >= 0.6 is 0 Å². The summed E-state index contributed by atoms with van der Waals surface area (Å²) in [4.78, 5) is 4.45. The average molecular weight is 281 g/mol. The van der Waals surface area contributed by atoms with Gasteiger partial charge in [-0.3, -0.25) is 0 Å². The number of likely N-dealkylation sites (N-methyl/N-ethyl adjacent to an activating group) is 1. The van der Waals surface area contributed by atoms with Crippen molar-refractivity contribution in [1.29, 1.82) is 0 Å². The Labute approximate surface area is 121 Å². The Morgan fingerprint density at radius 1 is 1.35 bits per heavy atom. The number of nitrogens with zero attached hydrogens (tertiary/aromatic N) is 4. The first-order chi connectivity index (χ1) is 9.35. The number of rotatable bonds is 5. The quantitative estimate of drug-likeness (QED) is 0.882. The number of anilines is 1. The van der Waals surface area contributed by atoms with Gasteiger partial charge in [-0.15, -0.1) is 5.10 Å². The summed E-state index contributed by atoms with van der Waals surface area (Å²) >= 11 is 0. The highest BCUT2D eigenvalue weighted by atomic mass is 16.4. The van der Waals surface area contributed by atoms with Crippen LogP contribution in [-0.4, -0.2) is 53.9 Å². The zero-order chi connectivity index (χ0) is 14.8. The highest BCUT2D eigenvalue weighted by molar-refractivity contribution is 5.29. The Morgan fingerprint density at radius 2 is 2.10 bits per heavy atom. The smallest absolute Gasteiger partial charge is 0.318 e. The van der Waals surface area contributed by atoms with Crippen LogP contribution in [0.15, 0.2) is 4.42 Å². The monoisotopic (exact) mass is 281 g/mol. The van der Waals surface area contributed by atoms with E-state index in [-0.39, 0.29) is 5.54 Å². The molecule has 1 aliphatic heterocycles. The summed E-state index contributed by atoms with van der Waals surface area (Å²) in [7, 11) is 4.20. The lowest BCUT2D eigenvalue weighted by atomic mass is 10.1. The Morgan fingerprint density at radius 3 is 2.75 bits per heavy atom. The van der Waals surface area contributed by atoms with Crippen LogP contribution in [-0.2, 0) is 6.54 Å². The van der Waals surface area contributed by atoms with Gasteiger partial charge in [0.15, 0.2) is 0 Å². The van der Waals surface area contributed by atoms with Gasteiger partial charge in [0.2, 0.25) is 5.89 Å². The molecule has 6 nitrogen and oxygen atoms in total. The molecule has 1 saturated heterocycles. The lowest BCUT2D eigenvalue weighted by molar-refractivity contribution is 0.357. The molecule has 0 bridgehead atoms. The van der Waals surface area contributed by atoms with Gasteiger partial charge in [0.05, 0.1) is 6.54 Å². The van der Waals surface area contributed by atoms with Crippen molar-refractivity contribution in [2.75, 3.05) is 32.1 Å². The lowest BCUT2D eigenvalue weighted by Gasteiger charge is -2.25. The van der Waals surface area contributed by atoms with Crippen molar-refractivity contribution in [2.45, 2.75) is 51.7 Å². The van der Waals surface area contributed by atoms with Crippen LogP contribution in [0.4, 0.5) is 6.01 Å². The second kappa shape index (κ2) is 6.10. The van der Waals surface area contributed by atoms with Crippen LogP contribution < -0.4 is 10.2 Å². The highest BCUT2D eigenvalue weighted by Gasteiger charge is 2.29. The summed E-state index contributed by atoms with van der Waals surface area (Å²) in [5, 5.41) is 11.7. The fourth-order valence-corrected chi connectivity index (χ4v) is 2.47.